The number of carbonyl (C=O) groups is 1. The van der Waals surface area contributed by atoms with Gasteiger partial charge in [0.2, 0.25) is 0 Å². The molecule has 0 aliphatic rings. The van der Waals surface area contributed by atoms with Gasteiger partial charge in [-0.2, -0.15) is 0 Å². The highest BCUT2D eigenvalue weighted by atomic mass is 16.5. The number of nitrogen functional groups attached to an aromatic ring is 1. The van der Waals surface area contributed by atoms with E-state index in [1.165, 1.54) is 7.11 Å². The van der Waals surface area contributed by atoms with Gasteiger partial charge in [-0.25, -0.2) is 0 Å². The lowest BCUT2D eigenvalue weighted by Crippen LogP contribution is -2.33. The number of ether oxygens (including phenoxy) is 1. The van der Waals surface area contributed by atoms with Crippen LogP contribution in [0.15, 0.2) is 18.2 Å². The summed E-state index contributed by atoms with van der Waals surface area (Å²) in [5, 5.41) is 0. The van der Waals surface area contributed by atoms with Crippen molar-refractivity contribution in [2.75, 3.05) is 30.8 Å². The molecule has 0 saturated carbocycles. The summed E-state index contributed by atoms with van der Waals surface area (Å²) in [6, 6.07) is 5.91. The fourth-order valence-electron chi connectivity index (χ4n) is 2.76. The lowest BCUT2D eigenvalue weighted by molar-refractivity contribution is -0.146. The molecule has 0 radical (unpaired) electrons. The van der Waals surface area contributed by atoms with E-state index >= 15 is 0 Å². The molecule has 4 heteroatoms. The van der Waals surface area contributed by atoms with Crippen LogP contribution in [0.2, 0.25) is 0 Å². The van der Waals surface area contributed by atoms with Gasteiger partial charge in [-0.3, -0.25) is 4.79 Å². The monoisotopic (exact) mass is 320 g/mol. The SMILES string of the molecule is COC(=O)C(C)(C)c1ccc(N(CC(C)C)CC(C)C)c(N)c1. The Balaban J connectivity index is 3.17. The number of nitrogens with two attached hydrogens (primary N) is 1. The summed E-state index contributed by atoms with van der Waals surface area (Å²) in [6.07, 6.45) is 0. The Kier molecular flexibility index (Phi) is 6.48. The fraction of sp³-hybridized carbons (Fsp3) is 0.632. The molecule has 0 fully saturated rings. The molecule has 0 atom stereocenters. The molecule has 0 aliphatic carbocycles. The quantitative estimate of drug-likeness (QED) is 0.612. The Hall–Kier alpha value is -1.71. The van der Waals surface area contributed by atoms with Crippen molar-refractivity contribution in [1.29, 1.82) is 0 Å². The summed E-state index contributed by atoms with van der Waals surface area (Å²) in [5.41, 5.74) is 8.23. The molecule has 2 N–H and O–H groups in total. The predicted molar refractivity (Wildman–Crippen MR) is 97.8 cm³/mol. The Morgan fingerprint density at radius 3 is 2.09 bits per heavy atom. The van der Waals surface area contributed by atoms with Gasteiger partial charge in [0.05, 0.1) is 23.9 Å². The van der Waals surface area contributed by atoms with Crippen LogP contribution in [0.1, 0.15) is 47.1 Å². The van der Waals surface area contributed by atoms with E-state index < -0.39 is 5.41 Å². The van der Waals surface area contributed by atoms with Gasteiger partial charge in [-0.15, -0.1) is 0 Å². The molecule has 1 aromatic carbocycles. The normalized spacial score (nSPS) is 11.9. The van der Waals surface area contributed by atoms with Crippen molar-refractivity contribution in [3.63, 3.8) is 0 Å². The molecule has 0 bridgehead atoms. The van der Waals surface area contributed by atoms with Crippen LogP contribution in [-0.2, 0) is 14.9 Å². The molecule has 4 nitrogen and oxygen atoms in total. The van der Waals surface area contributed by atoms with E-state index in [9.17, 15) is 4.79 Å². The molecule has 0 saturated heterocycles. The van der Waals surface area contributed by atoms with E-state index in [2.05, 4.69) is 32.6 Å². The zero-order valence-electron chi connectivity index (χ0n) is 15.6. The first kappa shape index (κ1) is 19.3. The molecule has 0 unspecified atom stereocenters. The van der Waals surface area contributed by atoms with E-state index in [-0.39, 0.29) is 5.97 Å². The summed E-state index contributed by atoms with van der Waals surface area (Å²) < 4.78 is 4.90. The Morgan fingerprint density at radius 1 is 1.17 bits per heavy atom. The lowest BCUT2D eigenvalue weighted by atomic mass is 9.84. The highest BCUT2D eigenvalue weighted by Crippen LogP contribution is 2.32. The first-order chi connectivity index (χ1) is 10.6. The highest BCUT2D eigenvalue weighted by molar-refractivity contribution is 5.83. The van der Waals surface area contributed by atoms with Crippen LogP contribution >= 0.6 is 0 Å². The minimum absolute atomic E-state index is 0.258. The number of methoxy groups -OCH3 is 1. The second kappa shape index (κ2) is 7.71. The van der Waals surface area contributed by atoms with Gasteiger partial charge in [0.1, 0.15) is 0 Å². The third-order valence-electron chi connectivity index (χ3n) is 3.96. The van der Waals surface area contributed by atoms with Crippen molar-refractivity contribution in [2.24, 2.45) is 11.8 Å². The third-order valence-corrected chi connectivity index (χ3v) is 3.96. The Bertz CT molecular complexity index is 526. The molecule has 1 rings (SSSR count). The molecular formula is C19H32N2O2. The first-order valence-electron chi connectivity index (χ1n) is 8.33. The van der Waals surface area contributed by atoms with Gasteiger partial charge in [0.25, 0.3) is 0 Å². The van der Waals surface area contributed by atoms with Crippen LogP contribution in [0.3, 0.4) is 0 Å². The number of benzene rings is 1. The van der Waals surface area contributed by atoms with Crippen molar-refractivity contribution >= 4 is 17.3 Å². The Morgan fingerprint density at radius 2 is 1.70 bits per heavy atom. The first-order valence-corrected chi connectivity index (χ1v) is 8.33. The lowest BCUT2D eigenvalue weighted by Gasteiger charge is -2.31. The van der Waals surface area contributed by atoms with Crippen LogP contribution in [0.4, 0.5) is 11.4 Å². The summed E-state index contributed by atoms with van der Waals surface area (Å²) in [7, 11) is 1.41. The third kappa shape index (κ3) is 4.88. The number of hydrogen-bond acceptors (Lipinski definition) is 4. The van der Waals surface area contributed by atoms with Gasteiger partial charge >= 0.3 is 5.97 Å². The molecule has 23 heavy (non-hydrogen) atoms. The molecular weight excluding hydrogens is 288 g/mol. The Labute approximate surface area is 141 Å². The summed E-state index contributed by atoms with van der Waals surface area (Å²) >= 11 is 0. The van der Waals surface area contributed by atoms with Crippen molar-refractivity contribution < 1.29 is 9.53 Å². The van der Waals surface area contributed by atoms with Gasteiger partial charge in [0.15, 0.2) is 0 Å². The van der Waals surface area contributed by atoms with Crippen LogP contribution in [0, 0.1) is 11.8 Å². The van der Waals surface area contributed by atoms with E-state index in [4.69, 9.17) is 10.5 Å². The maximum absolute atomic E-state index is 12.0. The minimum Gasteiger partial charge on any atom is -0.468 e. The zero-order chi connectivity index (χ0) is 17.8. The maximum Gasteiger partial charge on any atom is 0.315 e. The van der Waals surface area contributed by atoms with Crippen molar-refractivity contribution in [3.05, 3.63) is 23.8 Å². The fourth-order valence-corrected chi connectivity index (χ4v) is 2.76. The second-order valence-corrected chi connectivity index (χ2v) is 7.58. The van der Waals surface area contributed by atoms with E-state index in [0.717, 1.165) is 24.3 Å². The predicted octanol–water partition coefficient (Wildman–Crippen LogP) is 3.84. The number of nitrogens with zero attached hydrogens (tertiary/aromatic N) is 1. The van der Waals surface area contributed by atoms with E-state index in [0.29, 0.717) is 17.5 Å². The molecule has 0 amide bonds. The number of rotatable bonds is 7. The molecule has 0 aliphatic heterocycles. The van der Waals surface area contributed by atoms with E-state index in [1.54, 1.807) is 0 Å². The van der Waals surface area contributed by atoms with Crippen LogP contribution < -0.4 is 10.6 Å². The van der Waals surface area contributed by atoms with Gasteiger partial charge in [-0.05, 0) is 43.4 Å². The van der Waals surface area contributed by atoms with Crippen LogP contribution in [0.5, 0.6) is 0 Å². The molecule has 0 spiro atoms. The molecule has 0 heterocycles. The molecule has 0 aromatic heterocycles. The van der Waals surface area contributed by atoms with Crippen LogP contribution in [-0.4, -0.2) is 26.2 Å². The van der Waals surface area contributed by atoms with Crippen LogP contribution in [0.25, 0.3) is 0 Å². The van der Waals surface area contributed by atoms with E-state index in [1.807, 2.05) is 32.0 Å². The highest BCUT2D eigenvalue weighted by Gasteiger charge is 2.31. The minimum atomic E-state index is -0.706. The average Bonchev–Trinajstić information content (AvgIpc) is 2.44. The van der Waals surface area contributed by atoms with Crippen molar-refractivity contribution in [2.45, 2.75) is 47.0 Å². The number of carbonyl (C=O) groups excluding carboxylic acids is 1. The standard InChI is InChI=1S/C19H32N2O2/c1-13(2)11-21(12-14(3)4)17-9-8-15(10-16(17)20)19(5,6)18(22)23-7/h8-10,13-14H,11-12,20H2,1-7H3. The van der Waals surface area contributed by atoms with Crippen molar-refractivity contribution in [1.82, 2.24) is 0 Å². The summed E-state index contributed by atoms with van der Waals surface area (Å²) in [5.74, 6) is 0.851. The zero-order valence-corrected chi connectivity index (χ0v) is 15.6. The number of anilines is 2. The van der Waals surface area contributed by atoms with Crippen molar-refractivity contribution in [3.8, 4) is 0 Å². The number of esters is 1. The van der Waals surface area contributed by atoms with Gasteiger partial charge in [-0.1, -0.05) is 33.8 Å². The smallest absolute Gasteiger partial charge is 0.315 e. The second-order valence-electron chi connectivity index (χ2n) is 7.58. The molecule has 130 valence electrons. The topological polar surface area (TPSA) is 55.6 Å². The average molecular weight is 320 g/mol. The largest absolute Gasteiger partial charge is 0.468 e. The van der Waals surface area contributed by atoms with Gasteiger partial charge in [0, 0.05) is 13.1 Å². The number of hydrogen-bond donors (Lipinski definition) is 1. The summed E-state index contributed by atoms with van der Waals surface area (Å²) in [4.78, 5) is 14.3. The molecule has 1 aromatic rings. The van der Waals surface area contributed by atoms with Gasteiger partial charge < -0.3 is 15.4 Å². The summed E-state index contributed by atoms with van der Waals surface area (Å²) in [6.45, 7) is 14.5. The maximum atomic E-state index is 12.0.